The Balaban J connectivity index is 2.50. The fourth-order valence-electron chi connectivity index (χ4n) is 2.99. The molecule has 0 saturated heterocycles. The highest BCUT2D eigenvalue weighted by atomic mass is 16.2. The molecule has 1 amide bonds. The van der Waals surface area contributed by atoms with E-state index >= 15 is 0 Å². The fourth-order valence-corrected chi connectivity index (χ4v) is 2.99. The van der Waals surface area contributed by atoms with E-state index in [1.54, 1.807) is 0 Å². The van der Waals surface area contributed by atoms with Crippen molar-refractivity contribution in [2.75, 3.05) is 20.6 Å². The maximum Gasteiger partial charge on any atom is 0.236 e. The Morgan fingerprint density at radius 1 is 1.26 bits per heavy atom. The Morgan fingerprint density at radius 2 is 1.84 bits per heavy atom. The molecule has 0 spiro atoms. The molecule has 19 heavy (non-hydrogen) atoms. The summed E-state index contributed by atoms with van der Waals surface area (Å²) in [7, 11) is 4.23. The molecule has 0 aromatic rings. The number of amides is 1. The number of nitrogens with one attached hydrogen (secondary N) is 1. The maximum atomic E-state index is 12.0. The first-order valence-electron chi connectivity index (χ1n) is 7.58. The largest absolute Gasteiger partial charge is 0.353 e. The Morgan fingerprint density at radius 3 is 2.32 bits per heavy atom. The molecule has 0 aromatic carbocycles. The number of carbonyl (C=O) groups excluding carboxylic acids is 1. The Labute approximate surface area is 118 Å². The molecule has 112 valence electrons. The summed E-state index contributed by atoms with van der Waals surface area (Å²) in [5.74, 6) is 0.457. The SMILES string of the molecule is CC(C)C[C@@H](N)C(=O)NCC1(N(C)C)CCCCC1. The Bertz CT molecular complexity index is 283. The Kier molecular flexibility index (Phi) is 6.27. The lowest BCUT2D eigenvalue weighted by molar-refractivity contribution is -0.123. The normalized spacial score (nSPS) is 20.6. The molecule has 0 radical (unpaired) electrons. The molecular formula is C15H31N3O. The molecule has 3 N–H and O–H groups in total. The van der Waals surface area contributed by atoms with E-state index in [4.69, 9.17) is 5.73 Å². The first kappa shape index (κ1) is 16.4. The molecule has 1 aliphatic rings. The fraction of sp³-hybridized carbons (Fsp3) is 0.933. The zero-order chi connectivity index (χ0) is 14.5. The van der Waals surface area contributed by atoms with Gasteiger partial charge in [-0.25, -0.2) is 0 Å². The van der Waals surface area contributed by atoms with Gasteiger partial charge < -0.3 is 16.0 Å². The van der Waals surface area contributed by atoms with Gasteiger partial charge in [-0.05, 0) is 39.3 Å². The third-order valence-electron chi connectivity index (χ3n) is 4.39. The van der Waals surface area contributed by atoms with E-state index in [0.717, 1.165) is 13.0 Å². The molecule has 1 atom stereocenters. The van der Waals surface area contributed by atoms with Crippen LogP contribution >= 0.6 is 0 Å². The van der Waals surface area contributed by atoms with Crippen molar-refractivity contribution in [3.63, 3.8) is 0 Å². The van der Waals surface area contributed by atoms with Gasteiger partial charge in [-0.3, -0.25) is 4.79 Å². The smallest absolute Gasteiger partial charge is 0.236 e. The average molecular weight is 269 g/mol. The van der Waals surface area contributed by atoms with Gasteiger partial charge in [-0.2, -0.15) is 0 Å². The highest BCUT2D eigenvalue weighted by molar-refractivity contribution is 5.81. The third-order valence-corrected chi connectivity index (χ3v) is 4.39. The molecule has 4 heteroatoms. The zero-order valence-corrected chi connectivity index (χ0v) is 13.0. The molecule has 0 aromatic heterocycles. The second kappa shape index (κ2) is 7.25. The van der Waals surface area contributed by atoms with Gasteiger partial charge in [0.25, 0.3) is 0 Å². The number of hydrogen-bond donors (Lipinski definition) is 2. The summed E-state index contributed by atoms with van der Waals surface area (Å²) in [6.45, 7) is 4.91. The molecular weight excluding hydrogens is 238 g/mol. The van der Waals surface area contributed by atoms with E-state index in [1.807, 2.05) is 0 Å². The van der Waals surface area contributed by atoms with Crippen LogP contribution in [0.3, 0.4) is 0 Å². The van der Waals surface area contributed by atoms with Crippen LogP contribution in [-0.2, 0) is 4.79 Å². The van der Waals surface area contributed by atoms with Crippen molar-refractivity contribution >= 4 is 5.91 Å². The van der Waals surface area contributed by atoms with Gasteiger partial charge in [0.2, 0.25) is 5.91 Å². The molecule has 4 nitrogen and oxygen atoms in total. The van der Waals surface area contributed by atoms with E-state index in [0.29, 0.717) is 5.92 Å². The van der Waals surface area contributed by atoms with Crippen LogP contribution < -0.4 is 11.1 Å². The van der Waals surface area contributed by atoms with E-state index in [9.17, 15) is 4.79 Å². The minimum atomic E-state index is -0.372. The van der Waals surface area contributed by atoms with Crippen molar-refractivity contribution < 1.29 is 4.79 Å². The van der Waals surface area contributed by atoms with Crippen LogP contribution in [0.4, 0.5) is 0 Å². The molecule has 1 fully saturated rings. The minimum Gasteiger partial charge on any atom is -0.353 e. The first-order chi connectivity index (χ1) is 8.87. The van der Waals surface area contributed by atoms with Gasteiger partial charge in [-0.1, -0.05) is 33.1 Å². The highest BCUT2D eigenvalue weighted by Gasteiger charge is 2.34. The van der Waals surface area contributed by atoms with E-state index in [1.165, 1.54) is 32.1 Å². The zero-order valence-electron chi connectivity index (χ0n) is 13.0. The Hall–Kier alpha value is -0.610. The third kappa shape index (κ3) is 4.77. The topological polar surface area (TPSA) is 58.4 Å². The first-order valence-corrected chi connectivity index (χ1v) is 7.58. The van der Waals surface area contributed by atoms with Crippen molar-refractivity contribution in [2.24, 2.45) is 11.7 Å². The predicted octanol–water partition coefficient (Wildman–Crippen LogP) is 1.74. The number of rotatable bonds is 6. The number of nitrogens with two attached hydrogens (primary N) is 1. The molecule has 0 bridgehead atoms. The minimum absolute atomic E-state index is 0.000462. The molecule has 0 unspecified atom stereocenters. The van der Waals surface area contributed by atoms with Crippen LogP contribution in [0, 0.1) is 5.92 Å². The van der Waals surface area contributed by atoms with Crippen molar-refractivity contribution in [3.05, 3.63) is 0 Å². The molecule has 1 saturated carbocycles. The standard InChI is InChI=1S/C15H31N3O/c1-12(2)10-13(16)14(19)17-11-15(18(3)4)8-6-5-7-9-15/h12-13H,5-11,16H2,1-4H3,(H,17,19)/t13-/m1/s1. The van der Waals surface area contributed by atoms with Gasteiger partial charge in [-0.15, -0.1) is 0 Å². The van der Waals surface area contributed by atoms with Gasteiger partial charge in [0.05, 0.1) is 6.04 Å². The number of nitrogens with zero attached hydrogens (tertiary/aromatic N) is 1. The van der Waals surface area contributed by atoms with Gasteiger partial charge in [0.15, 0.2) is 0 Å². The number of carbonyl (C=O) groups is 1. The second-order valence-electron chi connectivity index (χ2n) is 6.63. The maximum absolute atomic E-state index is 12.0. The molecule has 1 rings (SSSR count). The summed E-state index contributed by atoms with van der Waals surface area (Å²) < 4.78 is 0. The summed E-state index contributed by atoms with van der Waals surface area (Å²) in [6, 6.07) is -0.372. The van der Waals surface area contributed by atoms with Crippen LogP contribution in [0.2, 0.25) is 0 Å². The summed E-state index contributed by atoms with van der Waals surface area (Å²) >= 11 is 0. The van der Waals surface area contributed by atoms with Crippen molar-refractivity contribution in [1.29, 1.82) is 0 Å². The van der Waals surface area contributed by atoms with Crippen molar-refractivity contribution in [3.8, 4) is 0 Å². The van der Waals surface area contributed by atoms with Gasteiger partial charge in [0.1, 0.15) is 0 Å². The van der Waals surface area contributed by atoms with E-state index < -0.39 is 0 Å². The van der Waals surface area contributed by atoms with E-state index in [-0.39, 0.29) is 17.5 Å². The van der Waals surface area contributed by atoms with Crippen molar-refractivity contribution in [1.82, 2.24) is 10.2 Å². The summed E-state index contributed by atoms with van der Waals surface area (Å²) in [5.41, 5.74) is 6.06. The lowest BCUT2D eigenvalue weighted by atomic mass is 9.80. The molecule has 0 heterocycles. The van der Waals surface area contributed by atoms with Gasteiger partial charge in [0, 0.05) is 12.1 Å². The summed E-state index contributed by atoms with van der Waals surface area (Å²) in [4.78, 5) is 14.3. The monoisotopic (exact) mass is 269 g/mol. The predicted molar refractivity (Wildman–Crippen MR) is 79.9 cm³/mol. The molecule has 0 aliphatic heterocycles. The summed E-state index contributed by atoms with van der Waals surface area (Å²) in [6.07, 6.45) is 6.91. The van der Waals surface area contributed by atoms with E-state index in [2.05, 4.69) is 38.2 Å². The average Bonchev–Trinajstić information content (AvgIpc) is 2.36. The van der Waals surface area contributed by atoms with Crippen LogP contribution in [0.25, 0.3) is 0 Å². The second-order valence-corrected chi connectivity index (χ2v) is 6.63. The summed E-state index contributed by atoms with van der Waals surface area (Å²) in [5, 5.41) is 3.07. The quantitative estimate of drug-likeness (QED) is 0.772. The highest BCUT2D eigenvalue weighted by Crippen LogP contribution is 2.31. The van der Waals surface area contributed by atoms with Crippen LogP contribution in [0.1, 0.15) is 52.4 Å². The van der Waals surface area contributed by atoms with Crippen LogP contribution in [0.5, 0.6) is 0 Å². The van der Waals surface area contributed by atoms with Gasteiger partial charge >= 0.3 is 0 Å². The lowest BCUT2D eigenvalue weighted by Gasteiger charge is -2.43. The number of likely N-dealkylation sites (N-methyl/N-ethyl adjacent to an activating group) is 1. The molecule has 1 aliphatic carbocycles. The number of hydrogen-bond acceptors (Lipinski definition) is 3. The lowest BCUT2D eigenvalue weighted by Crippen LogP contribution is -2.55. The van der Waals surface area contributed by atoms with Crippen LogP contribution in [0.15, 0.2) is 0 Å². The van der Waals surface area contributed by atoms with Crippen molar-refractivity contribution in [2.45, 2.75) is 64.0 Å². The van der Waals surface area contributed by atoms with Crippen LogP contribution in [-0.4, -0.2) is 43.0 Å².